The fraction of sp³-hybridized carbons (Fsp3) is 0.467. The highest BCUT2D eigenvalue weighted by atomic mass is 16.6. The minimum absolute atomic E-state index is 0.0636. The molecular formula is C15H20N4O6. The average molecular weight is 352 g/mol. The van der Waals surface area contributed by atoms with Gasteiger partial charge in [0, 0.05) is 12.5 Å². The second-order valence-corrected chi connectivity index (χ2v) is 6.34. The van der Waals surface area contributed by atoms with Gasteiger partial charge in [0.25, 0.3) is 5.69 Å². The maximum Gasteiger partial charge on any atom is 0.354 e. The minimum atomic E-state index is -0.765. The third-order valence-corrected chi connectivity index (χ3v) is 2.91. The van der Waals surface area contributed by atoms with Crippen LogP contribution in [0.1, 0.15) is 34.1 Å². The maximum atomic E-state index is 12.0. The number of nitrogens with one attached hydrogen (secondary N) is 1. The van der Waals surface area contributed by atoms with Crippen molar-refractivity contribution in [3.05, 3.63) is 38.4 Å². The van der Waals surface area contributed by atoms with Crippen LogP contribution in [0.2, 0.25) is 0 Å². The van der Waals surface area contributed by atoms with Crippen LogP contribution in [0.5, 0.6) is 0 Å². The van der Waals surface area contributed by atoms with Crippen LogP contribution in [0.4, 0.5) is 17.1 Å². The fourth-order valence-corrected chi connectivity index (χ4v) is 1.88. The minimum Gasteiger partial charge on any atom is -0.461 e. The van der Waals surface area contributed by atoms with Crippen molar-refractivity contribution >= 4 is 28.7 Å². The molecule has 25 heavy (non-hydrogen) atoms. The van der Waals surface area contributed by atoms with Gasteiger partial charge in [-0.25, -0.2) is 4.79 Å². The standard InChI is InChI=1S/C15H20N4O6/c1-5-25-14(20)12(9-15(2,3)4)17-16-11-7-6-10(18(21)22)8-13(11)19(23)24/h6-8,16H,5,9H2,1-4H3. The van der Waals surface area contributed by atoms with Crippen molar-refractivity contribution in [1.82, 2.24) is 0 Å². The van der Waals surface area contributed by atoms with Crippen LogP contribution in [0.15, 0.2) is 23.3 Å². The first-order chi connectivity index (χ1) is 11.5. The van der Waals surface area contributed by atoms with Gasteiger partial charge in [-0.15, -0.1) is 0 Å². The molecule has 0 spiro atoms. The van der Waals surface area contributed by atoms with Gasteiger partial charge in [0.1, 0.15) is 11.4 Å². The zero-order valence-electron chi connectivity index (χ0n) is 14.4. The van der Waals surface area contributed by atoms with Crippen molar-refractivity contribution in [1.29, 1.82) is 0 Å². The number of non-ortho nitro benzene ring substituents is 1. The fourth-order valence-electron chi connectivity index (χ4n) is 1.88. The lowest BCUT2D eigenvalue weighted by Gasteiger charge is -2.18. The molecule has 0 fully saturated rings. The number of carbonyl (C=O) groups excluding carboxylic acids is 1. The van der Waals surface area contributed by atoms with Crippen LogP contribution in [0.25, 0.3) is 0 Å². The number of hydrogen-bond donors (Lipinski definition) is 1. The number of nitrogens with zero attached hydrogens (tertiary/aromatic N) is 3. The van der Waals surface area contributed by atoms with Crippen LogP contribution in [0.3, 0.4) is 0 Å². The van der Waals surface area contributed by atoms with Crippen molar-refractivity contribution in [3.8, 4) is 0 Å². The molecule has 0 atom stereocenters. The van der Waals surface area contributed by atoms with E-state index in [4.69, 9.17) is 4.74 Å². The van der Waals surface area contributed by atoms with E-state index in [1.807, 2.05) is 20.8 Å². The van der Waals surface area contributed by atoms with E-state index in [9.17, 15) is 25.0 Å². The molecule has 136 valence electrons. The molecule has 10 heteroatoms. The van der Waals surface area contributed by atoms with Crippen molar-refractivity contribution < 1.29 is 19.4 Å². The van der Waals surface area contributed by atoms with E-state index < -0.39 is 27.2 Å². The quantitative estimate of drug-likeness (QED) is 0.344. The van der Waals surface area contributed by atoms with Crippen LogP contribution in [-0.2, 0) is 9.53 Å². The Morgan fingerprint density at radius 2 is 1.88 bits per heavy atom. The summed E-state index contributed by atoms with van der Waals surface area (Å²) in [5.41, 5.74) is 1.25. The number of ether oxygens (including phenoxy) is 1. The Kier molecular flexibility index (Phi) is 6.54. The van der Waals surface area contributed by atoms with Crippen LogP contribution >= 0.6 is 0 Å². The molecular weight excluding hydrogens is 332 g/mol. The summed E-state index contributed by atoms with van der Waals surface area (Å²) in [6, 6.07) is 3.10. The number of nitro groups is 2. The number of hydrogen-bond acceptors (Lipinski definition) is 8. The second-order valence-electron chi connectivity index (χ2n) is 6.34. The number of benzene rings is 1. The molecule has 0 aliphatic heterocycles. The number of esters is 1. The van der Waals surface area contributed by atoms with Crippen molar-refractivity contribution in [2.24, 2.45) is 10.5 Å². The normalized spacial score (nSPS) is 11.8. The molecule has 0 heterocycles. The third kappa shape index (κ3) is 6.16. The summed E-state index contributed by atoms with van der Waals surface area (Å²) in [6.07, 6.45) is 0.277. The summed E-state index contributed by atoms with van der Waals surface area (Å²) in [5.74, 6) is -0.630. The number of rotatable bonds is 7. The lowest BCUT2D eigenvalue weighted by atomic mass is 9.89. The summed E-state index contributed by atoms with van der Waals surface area (Å²) in [5, 5.41) is 25.8. The molecule has 0 saturated heterocycles. The van der Waals surface area contributed by atoms with E-state index in [0.29, 0.717) is 0 Å². The third-order valence-electron chi connectivity index (χ3n) is 2.91. The molecule has 0 saturated carbocycles. The van der Waals surface area contributed by atoms with Gasteiger partial charge in [0.2, 0.25) is 0 Å². The van der Waals surface area contributed by atoms with E-state index in [0.717, 1.165) is 12.1 Å². The molecule has 10 nitrogen and oxygen atoms in total. The molecule has 0 unspecified atom stereocenters. The highest BCUT2D eigenvalue weighted by Gasteiger charge is 2.23. The van der Waals surface area contributed by atoms with Gasteiger partial charge in [-0.1, -0.05) is 20.8 Å². The summed E-state index contributed by atoms with van der Waals surface area (Å²) in [6.45, 7) is 7.52. The Hall–Kier alpha value is -3.04. The van der Waals surface area contributed by atoms with E-state index in [2.05, 4.69) is 10.5 Å². The van der Waals surface area contributed by atoms with Gasteiger partial charge < -0.3 is 4.74 Å². The average Bonchev–Trinajstić information content (AvgIpc) is 2.50. The molecule has 0 radical (unpaired) electrons. The van der Waals surface area contributed by atoms with Gasteiger partial charge in [-0.2, -0.15) is 5.10 Å². The largest absolute Gasteiger partial charge is 0.461 e. The summed E-state index contributed by atoms with van der Waals surface area (Å²) >= 11 is 0. The van der Waals surface area contributed by atoms with Gasteiger partial charge in [0.05, 0.1) is 22.5 Å². The number of nitro benzene ring substituents is 2. The SMILES string of the molecule is CCOC(=O)C(CC(C)(C)C)=NNc1ccc([N+](=O)[O-])cc1[N+](=O)[O-]. The Morgan fingerprint density at radius 3 is 2.36 bits per heavy atom. The van der Waals surface area contributed by atoms with Gasteiger partial charge in [-0.3, -0.25) is 25.7 Å². The summed E-state index contributed by atoms with van der Waals surface area (Å²) in [7, 11) is 0. The summed E-state index contributed by atoms with van der Waals surface area (Å²) in [4.78, 5) is 32.3. The molecule has 1 N–H and O–H groups in total. The van der Waals surface area contributed by atoms with E-state index >= 15 is 0 Å². The summed E-state index contributed by atoms with van der Waals surface area (Å²) < 4.78 is 4.93. The molecule has 1 aromatic carbocycles. The van der Waals surface area contributed by atoms with Gasteiger partial charge in [-0.05, 0) is 18.4 Å². The number of anilines is 1. The molecule has 0 bridgehead atoms. The van der Waals surface area contributed by atoms with Crippen LogP contribution in [0, 0.1) is 25.6 Å². The lowest BCUT2D eigenvalue weighted by Crippen LogP contribution is -2.24. The first-order valence-corrected chi connectivity index (χ1v) is 7.47. The topological polar surface area (TPSA) is 137 Å². The second kappa shape index (κ2) is 8.18. The first-order valence-electron chi connectivity index (χ1n) is 7.47. The Bertz CT molecular complexity index is 708. The molecule has 0 amide bonds. The van der Waals surface area contributed by atoms with Gasteiger partial charge >= 0.3 is 11.7 Å². The molecule has 1 rings (SSSR count). The highest BCUT2D eigenvalue weighted by molar-refractivity contribution is 6.36. The first kappa shape index (κ1) is 20.0. The number of hydrazone groups is 1. The van der Waals surface area contributed by atoms with Crippen molar-refractivity contribution in [2.45, 2.75) is 34.1 Å². The number of carbonyl (C=O) groups is 1. The Morgan fingerprint density at radius 1 is 1.24 bits per heavy atom. The monoisotopic (exact) mass is 352 g/mol. The molecule has 1 aromatic rings. The van der Waals surface area contributed by atoms with E-state index in [1.54, 1.807) is 6.92 Å². The predicted molar refractivity (Wildman–Crippen MR) is 91.5 cm³/mol. The maximum absolute atomic E-state index is 12.0. The van der Waals surface area contributed by atoms with Crippen LogP contribution in [-0.4, -0.2) is 28.1 Å². The van der Waals surface area contributed by atoms with E-state index in [1.165, 1.54) is 6.07 Å². The Balaban J connectivity index is 3.19. The molecule has 0 aliphatic carbocycles. The smallest absolute Gasteiger partial charge is 0.354 e. The van der Waals surface area contributed by atoms with E-state index in [-0.39, 0.29) is 29.8 Å². The zero-order valence-corrected chi connectivity index (χ0v) is 14.4. The van der Waals surface area contributed by atoms with Gasteiger partial charge in [0.15, 0.2) is 0 Å². The Labute approximate surface area is 144 Å². The predicted octanol–water partition coefficient (Wildman–Crippen LogP) is 3.27. The highest BCUT2D eigenvalue weighted by Crippen LogP contribution is 2.29. The van der Waals surface area contributed by atoms with Crippen LogP contribution < -0.4 is 5.43 Å². The van der Waals surface area contributed by atoms with Crippen molar-refractivity contribution in [2.75, 3.05) is 12.0 Å². The molecule has 0 aromatic heterocycles. The lowest BCUT2D eigenvalue weighted by molar-refractivity contribution is -0.393. The zero-order chi connectivity index (χ0) is 19.2. The van der Waals surface area contributed by atoms with Crippen molar-refractivity contribution in [3.63, 3.8) is 0 Å². The molecule has 0 aliphatic rings.